The van der Waals surface area contributed by atoms with Crippen molar-refractivity contribution < 1.29 is 0 Å². The van der Waals surface area contributed by atoms with Crippen LogP contribution in [0.15, 0.2) is 30.3 Å². The molecule has 2 aromatic rings. The molecule has 0 aliphatic rings. The van der Waals surface area contributed by atoms with Crippen LogP contribution in [-0.4, -0.2) is 32.3 Å². The molecule has 1 unspecified atom stereocenters. The summed E-state index contributed by atoms with van der Waals surface area (Å²) in [7, 11) is 1.80. The highest BCUT2D eigenvalue weighted by atomic mass is 15.6. The largest absolute Gasteiger partial charge is 0.311 e. The van der Waals surface area contributed by atoms with Crippen molar-refractivity contribution in [1.29, 1.82) is 0 Å². The monoisotopic (exact) mass is 287 g/mol. The van der Waals surface area contributed by atoms with Gasteiger partial charge in [-0.2, -0.15) is 4.80 Å². The second-order valence-corrected chi connectivity index (χ2v) is 6.47. The quantitative estimate of drug-likeness (QED) is 0.886. The molecule has 114 valence electrons. The molecule has 1 heterocycles. The van der Waals surface area contributed by atoms with Crippen LogP contribution in [0.1, 0.15) is 44.5 Å². The predicted molar refractivity (Wildman–Crippen MR) is 84.1 cm³/mol. The van der Waals surface area contributed by atoms with Crippen LogP contribution in [0.25, 0.3) is 0 Å². The normalized spacial score (nSPS) is 13.3. The predicted octanol–water partition coefficient (Wildman–Crippen LogP) is 2.31. The molecule has 1 aromatic carbocycles. The van der Waals surface area contributed by atoms with E-state index in [9.17, 15) is 0 Å². The first-order valence-corrected chi connectivity index (χ1v) is 7.47. The van der Waals surface area contributed by atoms with E-state index in [2.05, 4.69) is 71.8 Å². The minimum atomic E-state index is 0.123. The number of rotatable bonds is 6. The fourth-order valence-electron chi connectivity index (χ4n) is 2.27. The fourth-order valence-corrected chi connectivity index (χ4v) is 2.27. The Bertz CT molecular complexity index is 541. The lowest BCUT2D eigenvalue weighted by atomic mass is 9.93. The lowest BCUT2D eigenvalue weighted by Gasteiger charge is -2.25. The number of aryl methyl sites for hydroxylation is 2. The number of hydrogen-bond donors (Lipinski definition) is 1. The lowest BCUT2D eigenvalue weighted by Crippen LogP contribution is -2.38. The summed E-state index contributed by atoms with van der Waals surface area (Å²) >= 11 is 0. The Hall–Kier alpha value is -1.75. The van der Waals surface area contributed by atoms with Crippen molar-refractivity contribution in [2.75, 3.05) is 6.54 Å². The Morgan fingerprint density at radius 2 is 1.90 bits per heavy atom. The number of nitrogens with one attached hydrogen (secondary N) is 1. The highest BCUT2D eigenvalue weighted by molar-refractivity contribution is 5.20. The summed E-state index contributed by atoms with van der Waals surface area (Å²) < 4.78 is 0. The van der Waals surface area contributed by atoms with Crippen molar-refractivity contribution in [3.8, 4) is 0 Å². The maximum absolute atomic E-state index is 4.26. The van der Waals surface area contributed by atoms with Crippen LogP contribution in [0, 0.1) is 0 Å². The Labute approximate surface area is 126 Å². The molecule has 1 aromatic heterocycles. The van der Waals surface area contributed by atoms with Gasteiger partial charge in [-0.25, -0.2) is 0 Å². The molecule has 0 aliphatic carbocycles. The van der Waals surface area contributed by atoms with Crippen LogP contribution >= 0.6 is 0 Å². The first-order chi connectivity index (χ1) is 9.94. The fraction of sp³-hybridized carbons (Fsp3) is 0.562. The number of nitrogens with zero attached hydrogens (tertiary/aromatic N) is 4. The Morgan fingerprint density at radius 3 is 2.48 bits per heavy atom. The van der Waals surface area contributed by atoms with Crippen molar-refractivity contribution in [2.45, 2.75) is 45.1 Å². The van der Waals surface area contributed by atoms with E-state index >= 15 is 0 Å². The number of hydrogen-bond acceptors (Lipinski definition) is 4. The van der Waals surface area contributed by atoms with E-state index in [0.29, 0.717) is 5.92 Å². The van der Waals surface area contributed by atoms with Crippen molar-refractivity contribution in [2.24, 2.45) is 7.05 Å². The molecule has 0 amide bonds. The third-order valence-electron chi connectivity index (χ3n) is 3.42. The maximum atomic E-state index is 4.26. The highest BCUT2D eigenvalue weighted by Crippen LogP contribution is 2.21. The van der Waals surface area contributed by atoms with E-state index in [1.165, 1.54) is 10.4 Å². The van der Waals surface area contributed by atoms with Crippen LogP contribution in [0.5, 0.6) is 0 Å². The molecular weight excluding hydrogens is 262 g/mol. The number of benzene rings is 1. The first-order valence-electron chi connectivity index (χ1n) is 7.47. The maximum Gasteiger partial charge on any atom is 0.174 e. The van der Waals surface area contributed by atoms with Crippen molar-refractivity contribution in [3.63, 3.8) is 0 Å². The molecule has 0 bridgehead atoms. The molecule has 5 heteroatoms. The standard InChI is InChI=1S/C16H25N5/c1-16(2,3)17-12-14(13-8-6-5-7-9-13)10-11-15-18-20-21(4)19-15/h5-9,14,17H,10-12H2,1-4H3. The molecular formula is C16H25N5. The van der Waals surface area contributed by atoms with Gasteiger partial charge >= 0.3 is 0 Å². The van der Waals surface area contributed by atoms with E-state index in [0.717, 1.165) is 25.2 Å². The topological polar surface area (TPSA) is 55.6 Å². The van der Waals surface area contributed by atoms with E-state index in [1.54, 1.807) is 7.05 Å². The van der Waals surface area contributed by atoms with Gasteiger partial charge in [-0.15, -0.1) is 10.2 Å². The minimum absolute atomic E-state index is 0.123. The van der Waals surface area contributed by atoms with Gasteiger partial charge in [0.2, 0.25) is 0 Å². The first kappa shape index (κ1) is 15.6. The Kier molecular flexibility index (Phi) is 5.07. The Morgan fingerprint density at radius 1 is 1.19 bits per heavy atom. The van der Waals surface area contributed by atoms with Gasteiger partial charge in [-0.1, -0.05) is 30.3 Å². The molecule has 2 rings (SSSR count). The summed E-state index contributed by atoms with van der Waals surface area (Å²) in [5, 5.41) is 15.8. The summed E-state index contributed by atoms with van der Waals surface area (Å²) in [6.45, 7) is 7.53. The van der Waals surface area contributed by atoms with Gasteiger partial charge in [-0.05, 0) is 43.9 Å². The van der Waals surface area contributed by atoms with Gasteiger partial charge in [0, 0.05) is 18.5 Å². The molecule has 5 nitrogen and oxygen atoms in total. The molecule has 0 aliphatic heterocycles. The molecule has 0 saturated carbocycles. The number of aromatic nitrogens is 4. The zero-order valence-corrected chi connectivity index (χ0v) is 13.4. The van der Waals surface area contributed by atoms with Gasteiger partial charge in [-0.3, -0.25) is 0 Å². The summed E-state index contributed by atoms with van der Waals surface area (Å²) in [6, 6.07) is 10.6. The lowest BCUT2D eigenvalue weighted by molar-refractivity contribution is 0.398. The smallest absolute Gasteiger partial charge is 0.174 e. The zero-order valence-electron chi connectivity index (χ0n) is 13.4. The number of tetrazole rings is 1. The summed E-state index contributed by atoms with van der Waals surface area (Å²) in [5.74, 6) is 1.27. The van der Waals surface area contributed by atoms with Crippen LogP contribution in [-0.2, 0) is 13.5 Å². The van der Waals surface area contributed by atoms with E-state index < -0.39 is 0 Å². The van der Waals surface area contributed by atoms with Gasteiger partial charge in [0.1, 0.15) is 0 Å². The third-order valence-corrected chi connectivity index (χ3v) is 3.42. The van der Waals surface area contributed by atoms with Crippen molar-refractivity contribution in [3.05, 3.63) is 41.7 Å². The summed E-state index contributed by atoms with van der Waals surface area (Å²) in [6.07, 6.45) is 1.86. The van der Waals surface area contributed by atoms with Crippen LogP contribution in [0.4, 0.5) is 0 Å². The Balaban J connectivity index is 2.01. The highest BCUT2D eigenvalue weighted by Gasteiger charge is 2.16. The second kappa shape index (κ2) is 6.80. The van der Waals surface area contributed by atoms with E-state index in [1.807, 2.05) is 0 Å². The molecule has 1 atom stereocenters. The zero-order chi connectivity index (χ0) is 15.3. The summed E-state index contributed by atoms with van der Waals surface area (Å²) in [4.78, 5) is 1.51. The third kappa shape index (κ3) is 5.27. The molecule has 0 fully saturated rings. The van der Waals surface area contributed by atoms with Crippen LogP contribution in [0.3, 0.4) is 0 Å². The van der Waals surface area contributed by atoms with Crippen LogP contribution in [0.2, 0.25) is 0 Å². The molecule has 0 spiro atoms. The van der Waals surface area contributed by atoms with Gasteiger partial charge in [0.25, 0.3) is 0 Å². The SMILES string of the molecule is Cn1nnc(CCC(CNC(C)(C)C)c2ccccc2)n1. The minimum Gasteiger partial charge on any atom is -0.311 e. The van der Waals surface area contributed by atoms with E-state index in [4.69, 9.17) is 0 Å². The van der Waals surface area contributed by atoms with E-state index in [-0.39, 0.29) is 5.54 Å². The average Bonchev–Trinajstić information content (AvgIpc) is 2.84. The van der Waals surface area contributed by atoms with Gasteiger partial charge in [0.15, 0.2) is 5.82 Å². The second-order valence-electron chi connectivity index (χ2n) is 6.47. The van der Waals surface area contributed by atoms with Gasteiger partial charge in [0.05, 0.1) is 7.05 Å². The molecule has 1 N–H and O–H groups in total. The van der Waals surface area contributed by atoms with Crippen molar-refractivity contribution >= 4 is 0 Å². The summed E-state index contributed by atoms with van der Waals surface area (Å²) in [5.41, 5.74) is 1.48. The van der Waals surface area contributed by atoms with Gasteiger partial charge < -0.3 is 5.32 Å². The molecule has 0 saturated heterocycles. The molecule has 21 heavy (non-hydrogen) atoms. The average molecular weight is 287 g/mol. The van der Waals surface area contributed by atoms with Crippen LogP contribution < -0.4 is 5.32 Å². The molecule has 0 radical (unpaired) electrons. The van der Waals surface area contributed by atoms with Crippen molar-refractivity contribution in [1.82, 2.24) is 25.5 Å².